The van der Waals surface area contributed by atoms with E-state index in [-0.39, 0.29) is 6.10 Å². The minimum Gasteiger partial charge on any atom is -0.388 e. The summed E-state index contributed by atoms with van der Waals surface area (Å²) in [7, 11) is 0. The quantitative estimate of drug-likeness (QED) is 0.621. The Kier molecular flexibility index (Phi) is 2.52. The SMILES string of the molecule is CC(C)(O)COC1CC(N)C1. The summed E-state index contributed by atoms with van der Waals surface area (Å²) in [5.41, 5.74) is 4.86. The first kappa shape index (κ1) is 8.97. The molecule has 66 valence electrons. The van der Waals surface area contributed by atoms with Gasteiger partial charge in [0.25, 0.3) is 0 Å². The molecular weight excluding hydrogens is 142 g/mol. The largest absolute Gasteiger partial charge is 0.388 e. The Bertz CT molecular complexity index is 125. The average molecular weight is 159 g/mol. The molecule has 0 aliphatic heterocycles. The molecular formula is C8H17NO2. The minimum absolute atomic E-state index is 0.288. The first-order valence-electron chi connectivity index (χ1n) is 4.07. The second-order valence-electron chi connectivity index (χ2n) is 3.98. The van der Waals surface area contributed by atoms with Gasteiger partial charge >= 0.3 is 0 Å². The number of hydrogen-bond donors (Lipinski definition) is 2. The van der Waals surface area contributed by atoms with E-state index in [4.69, 9.17) is 10.5 Å². The average Bonchev–Trinajstić information content (AvgIpc) is 1.75. The van der Waals surface area contributed by atoms with Crippen LogP contribution in [0.2, 0.25) is 0 Å². The lowest BCUT2D eigenvalue weighted by Crippen LogP contribution is -2.43. The Labute approximate surface area is 67.5 Å². The molecule has 11 heavy (non-hydrogen) atoms. The molecule has 1 aliphatic carbocycles. The van der Waals surface area contributed by atoms with Gasteiger partial charge in [0.1, 0.15) is 0 Å². The van der Waals surface area contributed by atoms with Crippen LogP contribution in [-0.4, -0.2) is 29.5 Å². The Balaban J connectivity index is 2.05. The molecule has 0 aromatic rings. The van der Waals surface area contributed by atoms with Crippen LogP contribution in [0.4, 0.5) is 0 Å². The summed E-state index contributed by atoms with van der Waals surface area (Å²) in [6.07, 6.45) is 2.17. The molecule has 3 nitrogen and oxygen atoms in total. The molecule has 0 radical (unpaired) electrons. The van der Waals surface area contributed by atoms with Crippen LogP contribution in [0, 0.1) is 0 Å². The third-order valence-corrected chi connectivity index (χ3v) is 1.80. The minimum atomic E-state index is -0.709. The molecule has 0 heterocycles. The molecule has 0 unspecified atom stereocenters. The van der Waals surface area contributed by atoms with Crippen molar-refractivity contribution in [2.45, 2.75) is 44.4 Å². The molecule has 1 rings (SSSR count). The standard InChI is InChI=1S/C8H17NO2/c1-8(2,10)5-11-7-3-6(9)4-7/h6-7,10H,3-5,9H2,1-2H3. The zero-order valence-electron chi connectivity index (χ0n) is 7.21. The molecule has 0 atom stereocenters. The maximum atomic E-state index is 9.30. The summed E-state index contributed by atoms with van der Waals surface area (Å²) in [4.78, 5) is 0. The summed E-state index contributed by atoms with van der Waals surface area (Å²) < 4.78 is 5.38. The molecule has 0 bridgehead atoms. The van der Waals surface area contributed by atoms with E-state index in [1.54, 1.807) is 13.8 Å². The van der Waals surface area contributed by atoms with Crippen LogP contribution in [-0.2, 0) is 4.74 Å². The van der Waals surface area contributed by atoms with Gasteiger partial charge in [-0.25, -0.2) is 0 Å². The van der Waals surface area contributed by atoms with Gasteiger partial charge in [0, 0.05) is 6.04 Å². The number of hydrogen-bond acceptors (Lipinski definition) is 3. The fourth-order valence-corrected chi connectivity index (χ4v) is 1.06. The highest BCUT2D eigenvalue weighted by Gasteiger charge is 2.28. The first-order valence-corrected chi connectivity index (χ1v) is 4.07. The molecule has 3 N–H and O–H groups in total. The van der Waals surface area contributed by atoms with Gasteiger partial charge in [-0.15, -0.1) is 0 Å². The zero-order chi connectivity index (χ0) is 8.48. The Morgan fingerprint density at radius 1 is 1.55 bits per heavy atom. The first-order chi connectivity index (χ1) is 4.97. The predicted octanol–water partition coefficient (Wildman–Crippen LogP) is 0.264. The highest BCUT2D eigenvalue weighted by atomic mass is 16.5. The van der Waals surface area contributed by atoms with Crippen molar-refractivity contribution in [3.05, 3.63) is 0 Å². The topological polar surface area (TPSA) is 55.5 Å². The highest BCUT2D eigenvalue weighted by Crippen LogP contribution is 2.22. The van der Waals surface area contributed by atoms with Crippen molar-refractivity contribution in [1.82, 2.24) is 0 Å². The van der Waals surface area contributed by atoms with Gasteiger partial charge in [0.05, 0.1) is 18.3 Å². The molecule has 1 saturated carbocycles. The van der Waals surface area contributed by atoms with Crippen LogP contribution < -0.4 is 5.73 Å². The monoisotopic (exact) mass is 159 g/mol. The van der Waals surface area contributed by atoms with Crippen molar-refractivity contribution in [1.29, 1.82) is 0 Å². The van der Waals surface area contributed by atoms with Crippen molar-refractivity contribution in [3.63, 3.8) is 0 Å². The number of aliphatic hydroxyl groups is 1. The highest BCUT2D eigenvalue weighted by molar-refractivity contribution is 4.83. The molecule has 0 amide bonds. The van der Waals surface area contributed by atoms with Gasteiger partial charge in [-0.05, 0) is 26.7 Å². The van der Waals surface area contributed by atoms with Gasteiger partial charge in [0.2, 0.25) is 0 Å². The van der Waals surface area contributed by atoms with E-state index in [0.29, 0.717) is 12.6 Å². The Morgan fingerprint density at radius 2 is 2.09 bits per heavy atom. The molecule has 1 fully saturated rings. The molecule has 3 heteroatoms. The summed E-state index contributed by atoms with van der Waals surface area (Å²) >= 11 is 0. The molecule has 1 aliphatic rings. The van der Waals surface area contributed by atoms with E-state index in [1.807, 2.05) is 0 Å². The van der Waals surface area contributed by atoms with Gasteiger partial charge < -0.3 is 15.6 Å². The molecule has 0 aromatic carbocycles. The normalized spacial score (nSPS) is 31.6. The fraction of sp³-hybridized carbons (Fsp3) is 1.00. The van der Waals surface area contributed by atoms with E-state index in [1.165, 1.54) is 0 Å². The van der Waals surface area contributed by atoms with Crippen LogP contribution in [0.25, 0.3) is 0 Å². The smallest absolute Gasteiger partial charge is 0.0824 e. The number of nitrogens with two attached hydrogens (primary N) is 1. The van der Waals surface area contributed by atoms with Crippen LogP contribution >= 0.6 is 0 Å². The van der Waals surface area contributed by atoms with Gasteiger partial charge in [-0.3, -0.25) is 0 Å². The summed E-state index contributed by atoms with van der Waals surface area (Å²) in [6, 6.07) is 0.321. The number of ether oxygens (including phenoxy) is 1. The Hall–Kier alpha value is -0.120. The van der Waals surface area contributed by atoms with Crippen molar-refractivity contribution >= 4 is 0 Å². The van der Waals surface area contributed by atoms with Crippen LogP contribution in [0.15, 0.2) is 0 Å². The van der Waals surface area contributed by atoms with Crippen LogP contribution in [0.3, 0.4) is 0 Å². The summed E-state index contributed by atoms with van der Waals surface area (Å²) in [6.45, 7) is 3.89. The van der Waals surface area contributed by atoms with E-state index in [2.05, 4.69) is 0 Å². The Morgan fingerprint density at radius 3 is 2.45 bits per heavy atom. The second kappa shape index (κ2) is 3.09. The zero-order valence-corrected chi connectivity index (χ0v) is 7.21. The molecule has 0 aromatic heterocycles. The van der Waals surface area contributed by atoms with Gasteiger partial charge in [-0.2, -0.15) is 0 Å². The fourth-order valence-electron chi connectivity index (χ4n) is 1.06. The summed E-state index contributed by atoms with van der Waals surface area (Å²) in [5.74, 6) is 0. The lowest BCUT2D eigenvalue weighted by molar-refractivity contribution is -0.0806. The van der Waals surface area contributed by atoms with Crippen molar-refractivity contribution in [2.75, 3.05) is 6.61 Å². The van der Waals surface area contributed by atoms with Crippen molar-refractivity contribution in [2.24, 2.45) is 5.73 Å². The maximum Gasteiger partial charge on any atom is 0.0824 e. The lowest BCUT2D eigenvalue weighted by Gasteiger charge is -2.34. The molecule has 0 spiro atoms. The van der Waals surface area contributed by atoms with Crippen molar-refractivity contribution in [3.8, 4) is 0 Å². The lowest BCUT2D eigenvalue weighted by atomic mass is 9.90. The van der Waals surface area contributed by atoms with E-state index in [9.17, 15) is 5.11 Å². The van der Waals surface area contributed by atoms with Crippen LogP contribution in [0.1, 0.15) is 26.7 Å². The van der Waals surface area contributed by atoms with Crippen molar-refractivity contribution < 1.29 is 9.84 Å². The third kappa shape index (κ3) is 3.18. The van der Waals surface area contributed by atoms with Gasteiger partial charge in [0.15, 0.2) is 0 Å². The van der Waals surface area contributed by atoms with E-state index >= 15 is 0 Å². The number of rotatable bonds is 3. The van der Waals surface area contributed by atoms with E-state index in [0.717, 1.165) is 12.8 Å². The van der Waals surface area contributed by atoms with E-state index < -0.39 is 5.60 Å². The second-order valence-corrected chi connectivity index (χ2v) is 3.98. The van der Waals surface area contributed by atoms with Crippen LogP contribution in [0.5, 0.6) is 0 Å². The third-order valence-electron chi connectivity index (χ3n) is 1.80. The predicted molar refractivity (Wildman–Crippen MR) is 43.2 cm³/mol. The maximum absolute atomic E-state index is 9.30. The molecule has 0 saturated heterocycles. The summed E-state index contributed by atoms with van der Waals surface area (Å²) in [5, 5.41) is 9.30. The van der Waals surface area contributed by atoms with Gasteiger partial charge in [-0.1, -0.05) is 0 Å².